The Bertz CT molecular complexity index is 2180. The minimum absolute atomic E-state index is 0.0460. The second-order valence-electron chi connectivity index (χ2n) is 9.29. The van der Waals surface area contributed by atoms with Crippen molar-refractivity contribution in [3.05, 3.63) is 83.9 Å². The summed E-state index contributed by atoms with van der Waals surface area (Å²) >= 11 is 0. The van der Waals surface area contributed by atoms with E-state index >= 15 is 0 Å². The molecular weight excluding hydrogens is 594 g/mol. The van der Waals surface area contributed by atoms with Gasteiger partial charge in [-0.2, -0.15) is 8.42 Å². The molecule has 14 nitrogen and oxygen atoms in total. The normalized spacial score (nSPS) is 12.0. The van der Waals surface area contributed by atoms with E-state index in [0.29, 0.717) is 5.39 Å². The van der Waals surface area contributed by atoms with Crippen LogP contribution in [0.25, 0.3) is 21.5 Å². The number of phenolic OH excluding ortho intramolecular Hbond substituents is 1. The Morgan fingerprint density at radius 1 is 0.727 bits per heavy atom. The molecular formula is C29H21N5O9S. The third-order valence-corrected chi connectivity index (χ3v) is 7.39. The molecule has 5 rings (SSSR count). The van der Waals surface area contributed by atoms with Crippen molar-refractivity contribution < 1.29 is 42.6 Å². The fraction of sp³-hybridized carbons (Fsp3) is 0.0345. The summed E-state index contributed by atoms with van der Waals surface area (Å²) < 4.78 is 39.5. The van der Waals surface area contributed by atoms with E-state index < -0.39 is 38.4 Å². The van der Waals surface area contributed by atoms with Gasteiger partial charge in [-0.25, -0.2) is 9.59 Å². The Labute approximate surface area is 248 Å². The van der Waals surface area contributed by atoms with Crippen molar-refractivity contribution in [1.29, 1.82) is 0 Å². The lowest BCUT2D eigenvalue weighted by atomic mass is 10.0. The maximum Gasteiger partial charge on any atom is 0.335 e. The van der Waals surface area contributed by atoms with Crippen LogP contribution < -0.4 is 10.5 Å². The Hall–Kier alpha value is -5.93. The van der Waals surface area contributed by atoms with Crippen molar-refractivity contribution in [2.45, 2.75) is 4.90 Å². The van der Waals surface area contributed by atoms with Crippen LogP contribution in [0.2, 0.25) is 0 Å². The predicted octanol–water partition coefficient (Wildman–Crippen LogP) is 6.76. The molecule has 44 heavy (non-hydrogen) atoms. The summed E-state index contributed by atoms with van der Waals surface area (Å²) in [6.07, 6.45) is 0. The van der Waals surface area contributed by atoms with Crippen molar-refractivity contribution in [1.82, 2.24) is 0 Å². The molecule has 5 aromatic rings. The number of carboxylic acids is 2. The van der Waals surface area contributed by atoms with Gasteiger partial charge >= 0.3 is 11.9 Å². The number of nitrogens with two attached hydrogens (primary N) is 1. The molecule has 15 heteroatoms. The topological polar surface area (TPSA) is 234 Å². The molecule has 0 spiro atoms. The van der Waals surface area contributed by atoms with E-state index in [1.54, 1.807) is 0 Å². The number of aromatic hydroxyl groups is 1. The van der Waals surface area contributed by atoms with E-state index in [1.165, 1.54) is 73.8 Å². The monoisotopic (exact) mass is 615 g/mol. The van der Waals surface area contributed by atoms with Crippen LogP contribution in [-0.4, -0.2) is 47.3 Å². The van der Waals surface area contributed by atoms with Gasteiger partial charge in [-0.15, -0.1) is 20.5 Å². The number of benzene rings is 5. The SMILES string of the molecule is COc1ccc(C(=O)O)cc1/N=N/c1ccc(/N=N/c2c(S(=O)(=O)O)cc3ccc(N)cc3c2O)c2cc(C(=O)O)ccc12. The number of aromatic carboxylic acids is 2. The van der Waals surface area contributed by atoms with Crippen LogP contribution in [0.4, 0.5) is 28.4 Å². The second-order valence-corrected chi connectivity index (χ2v) is 10.7. The zero-order valence-electron chi connectivity index (χ0n) is 22.5. The molecule has 0 heterocycles. The molecule has 0 aliphatic heterocycles. The fourth-order valence-corrected chi connectivity index (χ4v) is 5.05. The van der Waals surface area contributed by atoms with Gasteiger partial charge in [0.1, 0.15) is 22.0 Å². The number of azo groups is 2. The lowest BCUT2D eigenvalue weighted by Crippen LogP contribution is -1.99. The number of hydrogen-bond acceptors (Lipinski definition) is 11. The van der Waals surface area contributed by atoms with Crippen LogP contribution in [0.1, 0.15) is 20.7 Å². The largest absolute Gasteiger partial charge is 0.505 e. The molecule has 0 radical (unpaired) electrons. The zero-order valence-corrected chi connectivity index (χ0v) is 23.3. The summed E-state index contributed by atoms with van der Waals surface area (Å²) in [5.74, 6) is -2.77. The highest BCUT2D eigenvalue weighted by molar-refractivity contribution is 7.86. The van der Waals surface area contributed by atoms with Crippen LogP contribution in [0.5, 0.6) is 11.5 Å². The lowest BCUT2D eigenvalue weighted by molar-refractivity contribution is 0.0686. The smallest absolute Gasteiger partial charge is 0.335 e. The first-order chi connectivity index (χ1) is 20.9. The van der Waals surface area contributed by atoms with Gasteiger partial charge < -0.3 is 25.8 Å². The molecule has 0 aliphatic rings. The van der Waals surface area contributed by atoms with E-state index in [4.69, 9.17) is 10.5 Å². The van der Waals surface area contributed by atoms with E-state index in [1.807, 2.05) is 0 Å². The van der Waals surface area contributed by atoms with Crippen LogP contribution in [0, 0.1) is 0 Å². The van der Waals surface area contributed by atoms with Crippen molar-refractivity contribution >= 4 is 72.0 Å². The zero-order chi connectivity index (χ0) is 31.8. The molecule has 0 atom stereocenters. The highest BCUT2D eigenvalue weighted by Crippen LogP contribution is 2.43. The number of carboxylic acid groups (broad SMARTS) is 2. The van der Waals surface area contributed by atoms with Crippen LogP contribution >= 0.6 is 0 Å². The molecule has 0 aromatic heterocycles. The number of carbonyl (C=O) groups is 2. The minimum atomic E-state index is -4.87. The van der Waals surface area contributed by atoms with Gasteiger partial charge in [-0.3, -0.25) is 4.55 Å². The first-order valence-corrected chi connectivity index (χ1v) is 13.9. The van der Waals surface area contributed by atoms with Crippen molar-refractivity contribution in [2.24, 2.45) is 20.5 Å². The van der Waals surface area contributed by atoms with E-state index in [2.05, 4.69) is 20.5 Å². The summed E-state index contributed by atoms with van der Waals surface area (Å²) in [7, 11) is -3.49. The molecule has 0 saturated heterocycles. The number of ether oxygens (including phenoxy) is 1. The molecule has 0 unspecified atom stereocenters. The number of methoxy groups -OCH3 is 1. The number of nitrogen functional groups attached to an aromatic ring is 1. The molecule has 222 valence electrons. The lowest BCUT2D eigenvalue weighted by Gasteiger charge is -2.10. The van der Waals surface area contributed by atoms with E-state index in [0.717, 1.165) is 6.07 Å². The fourth-order valence-electron chi connectivity index (χ4n) is 4.39. The van der Waals surface area contributed by atoms with Gasteiger partial charge in [0.15, 0.2) is 5.75 Å². The summed E-state index contributed by atoms with van der Waals surface area (Å²) in [6.45, 7) is 0. The highest BCUT2D eigenvalue weighted by Gasteiger charge is 2.22. The van der Waals surface area contributed by atoms with Crippen molar-refractivity contribution in [3.8, 4) is 11.5 Å². The average Bonchev–Trinajstić information content (AvgIpc) is 2.98. The number of anilines is 1. The molecule has 0 aliphatic carbocycles. The second kappa shape index (κ2) is 11.4. The Balaban J connectivity index is 1.67. The quantitative estimate of drug-likeness (QED) is 0.0698. The average molecular weight is 616 g/mol. The first kappa shape index (κ1) is 29.6. The van der Waals surface area contributed by atoms with Crippen molar-refractivity contribution in [3.63, 3.8) is 0 Å². The molecule has 0 saturated carbocycles. The molecule has 0 bridgehead atoms. The molecule has 6 N–H and O–H groups in total. The molecule has 0 fully saturated rings. The van der Waals surface area contributed by atoms with E-state index in [9.17, 15) is 37.9 Å². The number of rotatable bonds is 8. The predicted molar refractivity (Wildman–Crippen MR) is 159 cm³/mol. The molecule has 0 amide bonds. The van der Waals surface area contributed by atoms with Gasteiger partial charge in [-0.1, -0.05) is 12.1 Å². The summed E-state index contributed by atoms with van der Waals surface area (Å²) in [4.78, 5) is 22.4. The summed E-state index contributed by atoms with van der Waals surface area (Å²) in [5, 5.41) is 47.2. The third-order valence-electron chi connectivity index (χ3n) is 6.52. The maximum atomic E-state index is 12.2. The van der Waals surface area contributed by atoms with Crippen molar-refractivity contribution in [2.75, 3.05) is 12.8 Å². The number of fused-ring (bicyclic) bond motifs is 2. The van der Waals surface area contributed by atoms with E-state index in [-0.39, 0.29) is 55.8 Å². The van der Waals surface area contributed by atoms with Gasteiger partial charge in [0.2, 0.25) is 0 Å². The Morgan fingerprint density at radius 2 is 1.34 bits per heavy atom. The van der Waals surface area contributed by atoms with Crippen LogP contribution in [-0.2, 0) is 10.1 Å². The van der Waals surface area contributed by atoms with Gasteiger partial charge in [0.25, 0.3) is 10.1 Å². The maximum absolute atomic E-state index is 12.2. The van der Waals surface area contributed by atoms with Gasteiger partial charge in [0.05, 0.1) is 29.6 Å². The number of hydrogen-bond donors (Lipinski definition) is 5. The van der Waals surface area contributed by atoms with Crippen LogP contribution in [0.15, 0.2) is 98.1 Å². The first-order valence-electron chi connectivity index (χ1n) is 12.4. The summed E-state index contributed by atoms with van der Waals surface area (Å²) in [6, 6.07) is 16.4. The summed E-state index contributed by atoms with van der Waals surface area (Å²) in [5.41, 5.74) is 5.78. The molecule has 5 aromatic carbocycles. The van der Waals surface area contributed by atoms with Gasteiger partial charge in [0, 0.05) is 21.8 Å². The van der Waals surface area contributed by atoms with Crippen LogP contribution in [0.3, 0.4) is 0 Å². The standard InChI is InChI=1S/C29H21N5O9S/c1-43-24-9-4-16(29(38)39)11-23(24)33-31-21-7-8-22(20-10-15(28(36)37)3-6-18(20)21)32-34-26-25(44(40,41)42)12-14-2-5-17(30)13-19(14)27(26)35/h2-13,35H,30H2,1H3,(H,36,37)(H,38,39)(H,40,41,42)/b33-31+,34-32+. The number of nitrogens with zero attached hydrogens (tertiary/aromatic N) is 4. The highest BCUT2D eigenvalue weighted by atomic mass is 32.2. The third kappa shape index (κ3) is 5.72. The van der Waals surface area contributed by atoms with Gasteiger partial charge in [-0.05, 0) is 66.0 Å². The Kier molecular flexibility index (Phi) is 7.65. The number of phenols is 1. The Morgan fingerprint density at radius 3 is 2.00 bits per heavy atom. The minimum Gasteiger partial charge on any atom is -0.505 e.